The summed E-state index contributed by atoms with van der Waals surface area (Å²) in [4.78, 5) is 25.1. The first kappa shape index (κ1) is 18.8. The first-order chi connectivity index (χ1) is 13.5. The molecule has 4 rings (SSSR count). The molecule has 0 spiro atoms. The summed E-state index contributed by atoms with van der Waals surface area (Å²) in [5.74, 6) is -0.159. The number of carbonyl (C=O) groups is 1. The van der Waals surface area contributed by atoms with Gasteiger partial charge in [0.05, 0.1) is 5.69 Å². The fraction of sp³-hybridized carbons (Fsp3) is 0.381. The number of amides is 1. The van der Waals surface area contributed by atoms with Crippen LogP contribution < -0.4 is 11.1 Å². The van der Waals surface area contributed by atoms with Crippen molar-refractivity contribution >= 4 is 33.1 Å². The second-order valence-electron chi connectivity index (χ2n) is 7.71. The lowest BCUT2D eigenvalue weighted by atomic mass is 9.78. The number of nitrogens with one attached hydrogen (secondary N) is 1. The van der Waals surface area contributed by atoms with Crippen molar-refractivity contribution in [3.05, 3.63) is 52.8 Å². The number of piperidine rings is 1. The minimum atomic E-state index is -0.159. The molecule has 3 aromatic heterocycles. The molecule has 1 amide bonds. The minimum Gasteiger partial charge on any atom is -0.397 e. The Labute approximate surface area is 168 Å². The first-order valence-corrected chi connectivity index (χ1v) is 10.3. The highest BCUT2D eigenvalue weighted by molar-refractivity contribution is 7.21. The summed E-state index contributed by atoms with van der Waals surface area (Å²) < 4.78 is 0. The predicted octanol–water partition coefficient (Wildman–Crippen LogP) is 3.19. The van der Waals surface area contributed by atoms with E-state index >= 15 is 0 Å². The van der Waals surface area contributed by atoms with E-state index in [0.29, 0.717) is 10.6 Å². The molecule has 3 N–H and O–H groups in total. The van der Waals surface area contributed by atoms with Gasteiger partial charge in [-0.25, -0.2) is 4.98 Å². The molecule has 0 aliphatic carbocycles. The number of nitrogen functional groups attached to an aromatic ring is 1. The number of rotatable bonds is 4. The third-order valence-corrected chi connectivity index (χ3v) is 6.66. The van der Waals surface area contributed by atoms with Gasteiger partial charge in [-0.05, 0) is 43.1 Å². The lowest BCUT2D eigenvalue weighted by Crippen LogP contribution is -2.44. The van der Waals surface area contributed by atoms with Gasteiger partial charge in [0.1, 0.15) is 9.71 Å². The number of hydrogen-bond donors (Lipinski definition) is 2. The first-order valence-electron chi connectivity index (χ1n) is 9.53. The number of pyridine rings is 2. The number of nitrogens with two attached hydrogens (primary N) is 1. The topological polar surface area (TPSA) is 84.1 Å². The molecule has 0 saturated carbocycles. The van der Waals surface area contributed by atoms with Gasteiger partial charge in [0.15, 0.2) is 0 Å². The van der Waals surface area contributed by atoms with Gasteiger partial charge in [-0.15, -0.1) is 11.3 Å². The van der Waals surface area contributed by atoms with Gasteiger partial charge in [0, 0.05) is 49.0 Å². The average Bonchev–Trinajstić information content (AvgIpc) is 3.04. The standard InChI is InChI=1S/C21H25N5OS/c1-21(8-4-10-26(13-21)12-14-5-3-9-24-11-14)16-7-6-15-17(22)18(19(27)23-2)28-20(15)25-16/h3,5-7,9,11H,4,8,10,12-13,22H2,1-2H3,(H,23,27)/t21-/m1/s1. The number of hydrogen-bond acceptors (Lipinski definition) is 6. The quantitative estimate of drug-likeness (QED) is 0.709. The van der Waals surface area contributed by atoms with E-state index in [-0.39, 0.29) is 11.3 Å². The third-order valence-electron chi connectivity index (χ3n) is 5.55. The van der Waals surface area contributed by atoms with Crippen LogP contribution >= 0.6 is 11.3 Å². The Morgan fingerprint density at radius 3 is 3.00 bits per heavy atom. The maximum absolute atomic E-state index is 12.0. The summed E-state index contributed by atoms with van der Waals surface area (Å²) in [7, 11) is 1.62. The van der Waals surface area contributed by atoms with Gasteiger partial charge in [0.25, 0.3) is 5.91 Å². The van der Waals surface area contributed by atoms with Crippen molar-refractivity contribution in [2.24, 2.45) is 0 Å². The molecule has 1 aliphatic heterocycles. The maximum atomic E-state index is 12.0. The average molecular weight is 396 g/mol. The molecule has 0 unspecified atom stereocenters. The Balaban J connectivity index is 1.61. The van der Waals surface area contributed by atoms with Crippen LogP contribution in [-0.2, 0) is 12.0 Å². The van der Waals surface area contributed by atoms with Crippen LogP contribution in [0.2, 0.25) is 0 Å². The van der Waals surface area contributed by atoms with Crippen molar-refractivity contribution in [2.45, 2.75) is 31.7 Å². The van der Waals surface area contributed by atoms with Crippen LogP contribution in [0.1, 0.15) is 40.7 Å². The van der Waals surface area contributed by atoms with Gasteiger partial charge in [0.2, 0.25) is 0 Å². The largest absolute Gasteiger partial charge is 0.397 e. The zero-order valence-corrected chi connectivity index (χ0v) is 17.1. The predicted molar refractivity (Wildman–Crippen MR) is 114 cm³/mol. The van der Waals surface area contributed by atoms with Crippen molar-refractivity contribution in [3.8, 4) is 0 Å². The Hall–Kier alpha value is -2.51. The Morgan fingerprint density at radius 1 is 1.39 bits per heavy atom. The molecule has 3 aromatic rings. The van der Waals surface area contributed by atoms with E-state index < -0.39 is 0 Å². The van der Waals surface area contributed by atoms with Crippen LogP contribution in [0.4, 0.5) is 5.69 Å². The van der Waals surface area contributed by atoms with Crippen LogP contribution in [-0.4, -0.2) is 40.9 Å². The van der Waals surface area contributed by atoms with Crippen LogP contribution in [0, 0.1) is 0 Å². The Morgan fingerprint density at radius 2 is 2.25 bits per heavy atom. The number of carbonyl (C=O) groups excluding carboxylic acids is 1. The fourth-order valence-corrected chi connectivity index (χ4v) is 5.09. The molecule has 28 heavy (non-hydrogen) atoms. The van der Waals surface area contributed by atoms with Crippen molar-refractivity contribution in [1.82, 2.24) is 20.2 Å². The van der Waals surface area contributed by atoms with E-state index in [4.69, 9.17) is 10.7 Å². The summed E-state index contributed by atoms with van der Waals surface area (Å²) in [5, 5.41) is 3.51. The van der Waals surface area contributed by atoms with Gasteiger partial charge in [-0.1, -0.05) is 13.0 Å². The van der Waals surface area contributed by atoms with Crippen LogP contribution in [0.15, 0.2) is 36.7 Å². The van der Waals surface area contributed by atoms with E-state index in [0.717, 1.165) is 48.4 Å². The van der Waals surface area contributed by atoms with E-state index in [1.807, 2.05) is 24.5 Å². The minimum absolute atomic E-state index is 0.0272. The molecule has 1 saturated heterocycles. The summed E-state index contributed by atoms with van der Waals surface area (Å²) >= 11 is 1.37. The molecule has 1 fully saturated rings. The third kappa shape index (κ3) is 3.47. The Bertz CT molecular complexity index is 1000. The van der Waals surface area contributed by atoms with E-state index in [1.54, 1.807) is 7.05 Å². The highest BCUT2D eigenvalue weighted by atomic mass is 32.1. The number of aromatic nitrogens is 2. The number of likely N-dealkylation sites (tertiary alicyclic amines) is 1. The van der Waals surface area contributed by atoms with Crippen molar-refractivity contribution < 1.29 is 4.79 Å². The summed E-state index contributed by atoms with van der Waals surface area (Å²) in [6, 6.07) is 8.20. The Kier molecular flexibility index (Phi) is 5.03. The molecule has 0 bridgehead atoms. The normalized spacial score (nSPS) is 20.4. The number of anilines is 1. The van der Waals surface area contributed by atoms with Crippen LogP contribution in [0.3, 0.4) is 0 Å². The maximum Gasteiger partial charge on any atom is 0.263 e. The molecular weight excluding hydrogens is 370 g/mol. The van der Waals surface area contributed by atoms with Crippen LogP contribution in [0.5, 0.6) is 0 Å². The van der Waals surface area contributed by atoms with E-state index in [9.17, 15) is 4.79 Å². The smallest absolute Gasteiger partial charge is 0.263 e. The van der Waals surface area contributed by atoms with Gasteiger partial charge in [-0.2, -0.15) is 0 Å². The lowest BCUT2D eigenvalue weighted by molar-refractivity contribution is 0.0968. The number of nitrogens with zero attached hydrogens (tertiary/aromatic N) is 3. The van der Waals surface area contributed by atoms with Gasteiger partial charge in [-0.3, -0.25) is 14.7 Å². The number of thiophene rings is 1. The SMILES string of the molecule is CNC(=O)c1sc2nc([C@]3(C)CCCN(Cc4cccnc4)C3)ccc2c1N. The molecular formula is C21H25N5OS. The highest BCUT2D eigenvalue weighted by Gasteiger charge is 2.34. The summed E-state index contributed by atoms with van der Waals surface area (Å²) in [5.41, 5.74) is 8.97. The van der Waals surface area contributed by atoms with Gasteiger partial charge >= 0.3 is 0 Å². The van der Waals surface area contributed by atoms with Crippen molar-refractivity contribution in [3.63, 3.8) is 0 Å². The molecule has 1 aliphatic rings. The zero-order valence-electron chi connectivity index (χ0n) is 16.2. The lowest BCUT2D eigenvalue weighted by Gasteiger charge is -2.40. The molecule has 146 valence electrons. The highest BCUT2D eigenvalue weighted by Crippen LogP contribution is 2.37. The molecule has 7 heteroatoms. The molecule has 1 atom stereocenters. The molecule has 4 heterocycles. The summed E-state index contributed by atoms with van der Waals surface area (Å²) in [6.45, 7) is 5.22. The molecule has 0 aromatic carbocycles. The van der Waals surface area contributed by atoms with Crippen molar-refractivity contribution in [1.29, 1.82) is 0 Å². The summed E-state index contributed by atoms with van der Waals surface area (Å²) in [6.07, 6.45) is 5.97. The van der Waals surface area contributed by atoms with E-state index in [1.165, 1.54) is 16.9 Å². The van der Waals surface area contributed by atoms with Gasteiger partial charge < -0.3 is 11.1 Å². The fourth-order valence-electron chi connectivity index (χ4n) is 4.05. The zero-order chi connectivity index (χ0) is 19.7. The van der Waals surface area contributed by atoms with Crippen molar-refractivity contribution in [2.75, 3.05) is 25.9 Å². The monoisotopic (exact) mass is 395 g/mol. The number of fused-ring (bicyclic) bond motifs is 1. The van der Waals surface area contributed by atoms with Crippen LogP contribution in [0.25, 0.3) is 10.2 Å². The molecule has 0 radical (unpaired) electrons. The van der Waals surface area contributed by atoms with E-state index in [2.05, 4.69) is 34.3 Å². The molecule has 6 nitrogen and oxygen atoms in total. The second kappa shape index (κ2) is 7.48. The second-order valence-corrected chi connectivity index (χ2v) is 8.71.